The van der Waals surface area contributed by atoms with E-state index in [1.807, 2.05) is 13.1 Å². The van der Waals surface area contributed by atoms with Crippen molar-refractivity contribution >= 4 is 0 Å². The molecule has 2 N–H and O–H groups in total. The summed E-state index contributed by atoms with van der Waals surface area (Å²) in [6, 6.07) is 0. The fourth-order valence-corrected chi connectivity index (χ4v) is 1.27. The van der Waals surface area contributed by atoms with E-state index in [4.69, 9.17) is 4.74 Å². The minimum atomic E-state index is 0.789. The van der Waals surface area contributed by atoms with Gasteiger partial charge in [0.05, 0.1) is 12.8 Å². The SMILES string of the molecule is CCCCOCCNCc1cn[nH]c1C. The second-order valence-electron chi connectivity index (χ2n) is 3.66. The number of unbranched alkanes of at least 4 members (excludes halogenated alkanes) is 1. The van der Waals surface area contributed by atoms with Crippen molar-refractivity contribution in [3.05, 3.63) is 17.5 Å². The summed E-state index contributed by atoms with van der Waals surface area (Å²) in [5.41, 5.74) is 2.36. The average Bonchev–Trinajstić information content (AvgIpc) is 2.63. The molecule has 0 spiro atoms. The molecule has 1 heterocycles. The van der Waals surface area contributed by atoms with Crippen molar-refractivity contribution in [2.45, 2.75) is 33.2 Å². The molecule has 0 bridgehead atoms. The van der Waals surface area contributed by atoms with Crippen molar-refractivity contribution in [1.29, 1.82) is 0 Å². The van der Waals surface area contributed by atoms with E-state index in [0.29, 0.717) is 0 Å². The molecule has 0 atom stereocenters. The minimum Gasteiger partial charge on any atom is -0.380 e. The zero-order valence-electron chi connectivity index (χ0n) is 9.68. The van der Waals surface area contributed by atoms with Gasteiger partial charge in [0.1, 0.15) is 0 Å². The highest BCUT2D eigenvalue weighted by Gasteiger charge is 1.98. The minimum absolute atomic E-state index is 0.789. The summed E-state index contributed by atoms with van der Waals surface area (Å²) >= 11 is 0. The van der Waals surface area contributed by atoms with E-state index >= 15 is 0 Å². The second kappa shape index (κ2) is 7.43. The molecule has 1 rings (SSSR count). The number of hydrogen-bond acceptors (Lipinski definition) is 3. The fourth-order valence-electron chi connectivity index (χ4n) is 1.27. The number of H-pyrrole nitrogens is 1. The van der Waals surface area contributed by atoms with Gasteiger partial charge in [-0.2, -0.15) is 5.10 Å². The summed E-state index contributed by atoms with van der Waals surface area (Å²) in [7, 11) is 0. The number of rotatable bonds is 8. The van der Waals surface area contributed by atoms with Gasteiger partial charge in [-0.05, 0) is 13.3 Å². The molecular formula is C11H21N3O. The third-order valence-corrected chi connectivity index (χ3v) is 2.32. The van der Waals surface area contributed by atoms with Gasteiger partial charge in [0.25, 0.3) is 0 Å². The lowest BCUT2D eigenvalue weighted by atomic mass is 10.3. The largest absolute Gasteiger partial charge is 0.380 e. The van der Waals surface area contributed by atoms with E-state index in [1.165, 1.54) is 12.0 Å². The van der Waals surface area contributed by atoms with Crippen LogP contribution in [0.15, 0.2) is 6.20 Å². The molecule has 4 heteroatoms. The van der Waals surface area contributed by atoms with Crippen LogP contribution in [0.25, 0.3) is 0 Å². The molecule has 0 aliphatic rings. The van der Waals surface area contributed by atoms with Crippen LogP contribution in [0, 0.1) is 6.92 Å². The molecule has 0 fully saturated rings. The normalized spacial score (nSPS) is 10.8. The van der Waals surface area contributed by atoms with E-state index in [2.05, 4.69) is 22.4 Å². The van der Waals surface area contributed by atoms with E-state index in [9.17, 15) is 0 Å². The van der Waals surface area contributed by atoms with Gasteiger partial charge in [-0.25, -0.2) is 0 Å². The molecule has 4 nitrogen and oxygen atoms in total. The highest BCUT2D eigenvalue weighted by atomic mass is 16.5. The Hall–Kier alpha value is -0.870. The van der Waals surface area contributed by atoms with E-state index in [0.717, 1.165) is 38.4 Å². The van der Waals surface area contributed by atoms with Crippen LogP contribution < -0.4 is 5.32 Å². The summed E-state index contributed by atoms with van der Waals surface area (Å²) in [5.74, 6) is 0. The molecule has 15 heavy (non-hydrogen) atoms. The first kappa shape index (κ1) is 12.2. The van der Waals surface area contributed by atoms with Crippen molar-refractivity contribution in [3.8, 4) is 0 Å². The Kier molecular flexibility index (Phi) is 6.04. The number of nitrogens with zero attached hydrogens (tertiary/aromatic N) is 1. The Morgan fingerprint density at radius 1 is 1.47 bits per heavy atom. The van der Waals surface area contributed by atoms with Crippen LogP contribution in [0.4, 0.5) is 0 Å². The Balaban J connectivity index is 1.96. The van der Waals surface area contributed by atoms with Crippen LogP contribution in [0.5, 0.6) is 0 Å². The maximum absolute atomic E-state index is 5.44. The summed E-state index contributed by atoms with van der Waals surface area (Å²) in [6.07, 6.45) is 4.21. The van der Waals surface area contributed by atoms with Gasteiger partial charge in [0, 0.05) is 31.0 Å². The van der Waals surface area contributed by atoms with E-state index < -0.39 is 0 Å². The zero-order valence-corrected chi connectivity index (χ0v) is 9.68. The van der Waals surface area contributed by atoms with Crippen LogP contribution in [0.3, 0.4) is 0 Å². The Labute approximate surface area is 91.4 Å². The van der Waals surface area contributed by atoms with Crippen LogP contribution in [0.1, 0.15) is 31.0 Å². The van der Waals surface area contributed by atoms with Crippen molar-refractivity contribution in [1.82, 2.24) is 15.5 Å². The van der Waals surface area contributed by atoms with Gasteiger partial charge < -0.3 is 10.1 Å². The highest BCUT2D eigenvalue weighted by molar-refractivity contribution is 5.13. The van der Waals surface area contributed by atoms with E-state index in [1.54, 1.807) is 0 Å². The molecular weight excluding hydrogens is 190 g/mol. The monoisotopic (exact) mass is 211 g/mol. The van der Waals surface area contributed by atoms with Gasteiger partial charge >= 0.3 is 0 Å². The van der Waals surface area contributed by atoms with Crippen LogP contribution in [0.2, 0.25) is 0 Å². The molecule has 1 aromatic rings. The van der Waals surface area contributed by atoms with E-state index in [-0.39, 0.29) is 0 Å². The first-order valence-electron chi connectivity index (χ1n) is 5.62. The van der Waals surface area contributed by atoms with Gasteiger partial charge in [-0.1, -0.05) is 13.3 Å². The molecule has 0 saturated carbocycles. The number of ether oxygens (including phenoxy) is 1. The Morgan fingerprint density at radius 2 is 2.33 bits per heavy atom. The first-order valence-corrected chi connectivity index (χ1v) is 5.62. The lowest BCUT2D eigenvalue weighted by Gasteiger charge is -2.05. The maximum atomic E-state index is 5.44. The van der Waals surface area contributed by atoms with Gasteiger partial charge in [-0.15, -0.1) is 0 Å². The number of hydrogen-bond donors (Lipinski definition) is 2. The predicted octanol–water partition coefficient (Wildman–Crippen LogP) is 1.62. The molecule has 0 saturated heterocycles. The van der Waals surface area contributed by atoms with Gasteiger partial charge in [-0.3, -0.25) is 5.10 Å². The number of aromatic nitrogens is 2. The lowest BCUT2D eigenvalue weighted by molar-refractivity contribution is 0.133. The fraction of sp³-hybridized carbons (Fsp3) is 0.727. The topological polar surface area (TPSA) is 49.9 Å². The third-order valence-electron chi connectivity index (χ3n) is 2.32. The van der Waals surface area contributed by atoms with Crippen molar-refractivity contribution < 1.29 is 4.74 Å². The molecule has 0 aliphatic heterocycles. The highest BCUT2D eigenvalue weighted by Crippen LogP contribution is 2.00. The quantitative estimate of drug-likeness (QED) is 0.642. The Morgan fingerprint density at radius 3 is 3.00 bits per heavy atom. The van der Waals surface area contributed by atoms with Crippen LogP contribution in [-0.2, 0) is 11.3 Å². The lowest BCUT2D eigenvalue weighted by Crippen LogP contribution is -2.19. The third kappa shape index (κ3) is 4.95. The van der Waals surface area contributed by atoms with Crippen molar-refractivity contribution in [3.63, 3.8) is 0 Å². The van der Waals surface area contributed by atoms with Crippen molar-refractivity contribution in [2.24, 2.45) is 0 Å². The molecule has 1 aromatic heterocycles. The molecule has 0 amide bonds. The standard InChI is InChI=1S/C11H21N3O/c1-3-4-6-15-7-5-12-8-11-9-13-14-10(11)2/h9,12H,3-8H2,1-2H3,(H,13,14). The second-order valence-corrected chi connectivity index (χ2v) is 3.66. The number of nitrogens with one attached hydrogen (secondary N) is 2. The van der Waals surface area contributed by atoms with Crippen molar-refractivity contribution in [2.75, 3.05) is 19.8 Å². The smallest absolute Gasteiger partial charge is 0.0591 e. The maximum Gasteiger partial charge on any atom is 0.0591 e. The zero-order chi connectivity index (χ0) is 10.9. The summed E-state index contributed by atoms with van der Waals surface area (Å²) in [5, 5.41) is 10.2. The van der Waals surface area contributed by atoms with Crippen LogP contribution in [-0.4, -0.2) is 30.0 Å². The predicted molar refractivity (Wildman–Crippen MR) is 60.8 cm³/mol. The van der Waals surface area contributed by atoms with Gasteiger partial charge in [0.2, 0.25) is 0 Å². The number of aromatic amines is 1. The van der Waals surface area contributed by atoms with Crippen LogP contribution >= 0.6 is 0 Å². The van der Waals surface area contributed by atoms with Gasteiger partial charge in [0.15, 0.2) is 0 Å². The summed E-state index contributed by atoms with van der Waals surface area (Å²) in [6.45, 7) is 7.62. The first-order chi connectivity index (χ1) is 7.34. The Bertz CT molecular complexity index is 260. The average molecular weight is 211 g/mol. The molecule has 86 valence electrons. The molecule has 0 radical (unpaired) electrons. The molecule has 0 unspecified atom stereocenters. The number of aryl methyl sites for hydroxylation is 1. The molecule has 0 aliphatic carbocycles. The summed E-state index contributed by atoms with van der Waals surface area (Å²) in [4.78, 5) is 0. The molecule has 0 aromatic carbocycles. The summed E-state index contributed by atoms with van der Waals surface area (Å²) < 4.78 is 5.44.